The number of imide groups is 1. The molecule has 0 aliphatic carbocycles. The Hall–Kier alpha value is -2.45. The number of hydrogen-bond acceptors (Lipinski definition) is 5. The first kappa shape index (κ1) is 17.9. The van der Waals surface area contributed by atoms with Gasteiger partial charge in [-0.3, -0.25) is 4.79 Å². The minimum atomic E-state index is -4.47. The lowest BCUT2D eigenvalue weighted by molar-refractivity contribution is -0.137. The number of hydrogen-bond donors (Lipinski definition) is 1. The zero-order valence-corrected chi connectivity index (χ0v) is 13.1. The van der Waals surface area contributed by atoms with Crippen molar-refractivity contribution in [3.63, 3.8) is 0 Å². The molecule has 1 saturated heterocycles. The Morgan fingerprint density at radius 3 is 2.71 bits per heavy atom. The summed E-state index contributed by atoms with van der Waals surface area (Å²) in [5.41, 5.74) is -0.497. The van der Waals surface area contributed by atoms with Gasteiger partial charge in [-0.1, -0.05) is 0 Å². The summed E-state index contributed by atoms with van der Waals surface area (Å²) in [6.07, 6.45) is -5.16. The Morgan fingerprint density at radius 1 is 1.46 bits per heavy atom. The fraction of sp³-hybridized carbons (Fsp3) is 0.467. The molecular weight excluding hydrogens is 329 g/mol. The Labute approximate surface area is 136 Å². The van der Waals surface area contributed by atoms with Gasteiger partial charge in [0.1, 0.15) is 12.4 Å². The standard InChI is InChI=1S/C15H17F3N2O4/c1-9(7-13(21)20-5-6-24-14(20)22)19-11-4-3-10(15(16,17)18)8-12(11)23-2/h3-4,8-9,19H,5-7H2,1-2H3. The molecule has 132 valence electrons. The van der Waals surface area contributed by atoms with Gasteiger partial charge in [-0.25, -0.2) is 9.69 Å². The van der Waals surface area contributed by atoms with Crippen LogP contribution in [-0.2, 0) is 15.7 Å². The van der Waals surface area contributed by atoms with Gasteiger partial charge in [0, 0.05) is 12.5 Å². The van der Waals surface area contributed by atoms with Gasteiger partial charge < -0.3 is 14.8 Å². The van der Waals surface area contributed by atoms with Crippen molar-refractivity contribution < 1.29 is 32.2 Å². The molecule has 1 atom stereocenters. The Balaban J connectivity index is 2.04. The van der Waals surface area contributed by atoms with Crippen molar-refractivity contribution in [2.24, 2.45) is 0 Å². The Bertz CT molecular complexity index is 634. The summed E-state index contributed by atoms with van der Waals surface area (Å²) in [5, 5.41) is 2.92. The molecule has 1 aliphatic heterocycles. The van der Waals surface area contributed by atoms with Gasteiger partial charge in [0.15, 0.2) is 0 Å². The molecule has 1 N–H and O–H groups in total. The monoisotopic (exact) mass is 346 g/mol. The highest BCUT2D eigenvalue weighted by molar-refractivity contribution is 5.93. The number of amides is 2. The van der Waals surface area contributed by atoms with Crippen LogP contribution in [0, 0.1) is 0 Å². The van der Waals surface area contributed by atoms with E-state index in [4.69, 9.17) is 4.74 Å². The van der Waals surface area contributed by atoms with E-state index in [-0.39, 0.29) is 25.3 Å². The van der Waals surface area contributed by atoms with Crippen molar-refractivity contribution in [2.45, 2.75) is 25.6 Å². The lowest BCUT2D eigenvalue weighted by Crippen LogP contribution is -2.35. The molecule has 0 saturated carbocycles. The van der Waals surface area contributed by atoms with E-state index in [1.165, 1.54) is 13.2 Å². The number of rotatable bonds is 5. The highest BCUT2D eigenvalue weighted by atomic mass is 19.4. The summed E-state index contributed by atoms with van der Waals surface area (Å²) in [6.45, 7) is 2.05. The first-order valence-corrected chi connectivity index (χ1v) is 7.21. The molecule has 0 spiro atoms. The molecule has 0 bridgehead atoms. The van der Waals surface area contributed by atoms with E-state index in [1.807, 2.05) is 0 Å². The number of carbonyl (C=O) groups is 2. The van der Waals surface area contributed by atoms with Crippen molar-refractivity contribution in [3.8, 4) is 5.75 Å². The molecule has 9 heteroatoms. The SMILES string of the molecule is COc1cc(C(F)(F)F)ccc1NC(C)CC(=O)N1CCOC1=O. The van der Waals surface area contributed by atoms with E-state index in [0.29, 0.717) is 5.69 Å². The second kappa shape index (κ2) is 6.98. The molecule has 1 heterocycles. The first-order valence-electron chi connectivity index (χ1n) is 7.21. The van der Waals surface area contributed by atoms with Gasteiger partial charge in [0.05, 0.1) is 24.9 Å². The number of alkyl halides is 3. The van der Waals surface area contributed by atoms with Gasteiger partial charge >= 0.3 is 12.3 Å². The quantitative estimate of drug-likeness (QED) is 0.888. The van der Waals surface area contributed by atoms with E-state index >= 15 is 0 Å². The molecule has 1 unspecified atom stereocenters. The maximum atomic E-state index is 12.7. The summed E-state index contributed by atoms with van der Waals surface area (Å²) in [7, 11) is 1.26. The van der Waals surface area contributed by atoms with Crippen LogP contribution in [0.1, 0.15) is 18.9 Å². The summed E-state index contributed by atoms with van der Waals surface area (Å²) in [5.74, 6) is -0.395. The summed E-state index contributed by atoms with van der Waals surface area (Å²) in [4.78, 5) is 24.3. The Kier molecular flexibility index (Phi) is 5.20. The number of anilines is 1. The largest absolute Gasteiger partial charge is 0.495 e. The lowest BCUT2D eigenvalue weighted by atomic mass is 10.1. The number of nitrogens with one attached hydrogen (secondary N) is 1. The molecule has 1 aromatic carbocycles. The molecule has 1 aliphatic rings. The maximum absolute atomic E-state index is 12.7. The number of carbonyl (C=O) groups excluding carboxylic acids is 2. The second-order valence-electron chi connectivity index (χ2n) is 5.32. The Morgan fingerprint density at radius 2 is 2.17 bits per heavy atom. The summed E-state index contributed by atoms with van der Waals surface area (Å²) in [6, 6.07) is 2.63. The van der Waals surface area contributed by atoms with Crippen LogP contribution >= 0.6 is 0 Å². The number of halogens is 3. The first-order chi connectivity index (χ1) is 11.2. The molecule has 6 nitrogen and oxygen atoms in total. The third-order valence-electron chi connectivity index (χ3n) is 3.47. The highest BCUT2D eigenvalue weighted by Crippen LogP contribution is 2.35. The van der Waals surface area contributed by atoms with Crippen molar-refractivity contribution >= 4 is 17.7 Å². The predicted octanol–water partition coefficient (Wildman–Crippen LogP) is 2.88. The fourth-order valence-corrected chi connectivity index (χ4v) is 2.30. The van der Waals surface area contributed by atoms with Gasteiger partial charge in [0.2, 0.25) is 5.91 Å². The van der Waals surface area contributed by atoms with Crippen LogP contribution in [0.5, 0.6) is 5.75 Å². The normalized spacial score (nSPS) is 15.9. The zero-order valence-electron chi connectivity index (χ0n) is 13.1. The number of benzene rings is 1. The molecule has 0 radical (unpaired) electrons. The van der Waals surface area contributed by atoms with Crippen LogP contribution < -0.4 is 10.1 Å². The van der Waals surface area contributed by atoms with E-state index < -0.39 is 29.8 Å². The van der Waals surface area contributed by atoms with Crippen molar-refractivity contribution in [1.29, 1.82) is 0 Å². The van der Waals surface area contributed by atoms with Crippen LogP contribution in [0.3, 0.4) is 0 Å². The average molecular weight is 346 g/mol. The number of nitrogens with zero attached hydrogens (tertiary/aromatic N) is 1. The number of cyclic esters (lactones) is 1. The maximum Gasteiger partial charge on any atom is 0.416 e. The predicted molar refractivity (Wildman–Crippen MR) is 78.8 cm³/mol. The molecule has 0 aromatic heterocycles. The molecular formula is C15H17F3N2O4. The van der Waals surface area contributed by atoms with Crippen molar-refractivity contribution in [3.05, 3.63) is 23.8 Å². The van der Waals surface area contributed by atoms with Crippen molar-refractivity contribution in [2.75, 3.05) is 25.6 Å². The third-order valence-corrected chi connectivity index (χ3v) is 3.47. The minimum Gasteiger partial charge on any atom is -0.495 e. The van der Waals surface area contributed by atoms with Gasteiger partial charge in [-0.05, 0) is 25.1 Å². The van der Waals surface area contributed by atoms with Crippen LogP contribution in [0.15, 0.2) is 18.2 Å². The molecule has 2 amide bonds. The smallest absolute Gasteiger partial charge is 0.416 e. The van der Waals surface area contributed by atoms with E-state index in [2.05, 4.69) is 10.1 Å². The van der Waals surface area contributed by atoms with Crippen molar-refractivity contribution in [1.82, 2.24) is 4.90 Å². The third kappa shape index (κ3) is 4.09. The average Bonchev–Trinajstić information content (AvgIpc) is 2.92. The number of ether oxygens (including phenoxy) is 2. The van der Waals surface area contributed by atoms with E-state index in [0.717, 1.165) is 17.0 Å². The minimum absolute atomic E-state index is 0.0146. The van der Waals surface area contributed by atoms with E-state index in [1.54, 1.807) is 6.92 Å². The molecule has 1 aromatic rings. The topological polar surface area (TPSA) is 67.9 Å². The second-order valence-corrected chi connectivity index (χ2v) is 5.32. The zero-order chi connectivity index (χ0) is 17.9. The van der Waals surface area contributed by atoms with Gasteiger partial charge in [-0.2, -0.15) is 13.2 Å². The fourth-order valence-electron chi connectivity index (χ4n) is 2.30. The van der Waals surface area contributed by atoms with Crippen LogP contribution in [0.4, 0.5) is 23.7 Å². The number of methoxy groups -OCH3 is 1. The molecule has 24 heavy (non-hydrogen) atoms. The lowest BCUT2D eigenvalue weighted by Gasteiger charge is -2.20. The summed E-state index contributed by atoms with van der Waals surface area (Å²) >= 11 is 0. The van der Waals surface area contributed by atoms with Crippen LogP contribution in [0.2, 0.25) is 0 Å². The summed E-state index contributed by atoms with van der Waals surface area (Å²) < 4.78 is 47.8. The highest BCUT2D eigenvalue weighted by Gasteiger charge is 2.32. The molecule has 2 rings (SSSR count). The van der Waals surface area contributed by atoms with E-state index in [9.17, 15) is 22.8 Å². The van der Waals surface area contributed by atoms with Crippen LogP contribution in [0.25, 0.3) is 0 Å². The van der Waals surface area contributed by atoms with Crippen LogP contribution in [-0.4, -0.2) is 43.2 Å². The van der Waals surface area contributed by atoms with Gasteiger partial charge in [-0.15, -0.1) is 0 Å². The van der Waals surface area contributed by atoms with Gasteiger partial charge in [0.25, 0.3) is 0 Å². The molecule has 1 fully saturated rings.